The second-order valence-electron chi connectivity index (χ2n) is 7.87. The number of para-hydroxylation sites is 1. The number of nitrogens with zero attached hydrogens (tertiary/aromatic N) is 2. The molecular weight excluding hydrogens is 376 g/mol. The van der Waals surface area contributed by atoms with Crippen LogP contribution in [0.25, 0.3) is 0 Å². The molecule has 1 saturated heterocycles. The average Bonchev–Trinajstić information content (AvgIpc) is 3.24. The molecule has 1 fully saturated rings. The first kappa shape index (κ1) is 20.2. The van der Waals surface area contributed by atoms with Gasteiger partial charge in [0.25, 0.3) is 5.91 Å². The third-order valence-electron chi connectivity index (χ3n) is 5.52. The Kier molecular flexibility index (Phi) is 6.19. The van der Waals surface area contributed by atoms with Crippen LogP contribution in [0.2, 0.25) is 0 Å². The van der Waals surface area contributed by atoms with Crippen LogP contribution < -0.4 is 4.74 Å². The average molecular weight is 405 g/mol. The molecule has 0 saturated carbocycles. The molecule has 0 aliphatic carbocycles. The molecular formula is C25H28N2O3. The fourth-order valence-electron chi connectivity index (χ4n) is 3.65. The quantitative estimate of drug-likeness (QED) is 0.610. The van der Waals surface area contributed by atoms with Crippen molar-refractivity contribution in [3.8, 4) is 5.75 Å². The lowest BCUT2D eigenvalue weighted by atomic mass is 10.1. The Balaban J connectivity index is 1.28. The maximum absolute atomic E-state index is 12.8. The van der Waals surface area contributed by atoms with Crippen LogP contribution in [-0.2, 0) is 13.2 Å². The summed E-state index contributed by atoms with van der Waals surface area (Å²) in [6, 6.07) is 20.1. The van der Waals surface area contributed by atoms with Gasteiger partial charge in [0, 0.05) is 32.7 Å². The largest absolute Gasteiger partial charge is 0.485 e. The van der Waals surface area contributed by atoms with Gasteiger partial charge in [-0.25, -0.2) is 0 Å². The number of hydrogen-bond donors (Lipinski definition) is 0. The van der Waals surface area contributed by atoms with E-state index in [1.807, 2.05) is 42.2 Å². The number of rotatable bonds is 6. The van der Waals surface area contributed by atoms with Gasteiger partial charge in [-0.3, -0.25) is 9.69 Å². The summed E-state index contributed by atoms with van der Waals surface area (Å²) in [6.07, 6.45) is 0. The van der Waals surface area contributed by atoms with E-state index in [1.165, 1.54) is 11.1 Å². The van der Waals surface area contributed by atoms with E-state index in [0.717, 1.165) is 30.9 Å². The van der Waals surface area contributed by atoms with Gasteiger partial charge in [0.15, 0.2) is 5.76 Å². The number of carbonyl (C=O) groups is 1. The lowest BCUT2D eigenvalue weighted by molar-refractivity contribution is 0.0594. The van der Waals surface area contributed by atoms with E-state index >= 15 is 0 Å². The zero-order chi connectivity index (χ0) is 20.9. The number of carbonyl (C=O) groups excluding carboxylic acids is 1. The number of hydrogen-bond acceptors (Lipinski definition) is 4. The molecule has 0 spiro atoms. The lowest BCUT2D eigenvalue weighted by Crippen LogP contribution is -2.48. The molecule has 1 aromatic heterocycles. The van der Waals surface area contributed by atoms with Crippen molar-refractivity contribution < 1.29 is 13.9 Å². The van der Waals surface area contributed by atoms with E-state index in [1.54, 1.807) is 6.07 Å². The van der Waals surface area contributed by atoms with Gasteiger partial charge >= 0.3 is 0 Å². The predicted octanol–water partition coefficient (Wildman–Crippen LogP) is 4.43. The van der Waals surface area contributed by atoms with Gasteiger partial charge in [0.2, 0.25) is 0 Å². The highest BCUT2D eigenvalue weighted by atomic mass is 16.5. The van der Waals surface area contributed by atoms with Crippen LogP contribution in [0, 0.1) is 13.8 Å². The molecule has 2 heterocycles. The highest BCUT2D eigenvalue weighted by molar-refractivity contribution is 5.91. The second kappa shape index (κ2) is 9.18. The van der Waals surface area contributed by atoms with Crippen molar-refractivity contribution in [2.24, 2.45) is 0 Å². The number of furan rings is 1. The fraction of sp³-hybridized carbons (Fsp3) is 0.320. The zero-order valence-corrected chi connectivity index (χ0v) is 17.6. The number of ether oxygens (including phenoxy) is 1. The Morgan fingerprint density at radius 2 is 1.67 bits per heavy atom. The van der Waals surface area contributed by atoms with Crippen molar-refractivity contribution in [3.63, 3.8) is 0 Å². The van der Waals surface area contributed by atoms with Crippen LogP contribution in [0.5, 0.6) is 5.75 Å². The van der Waals surface area contributed by atoms with Crippen LogP contribution in [0.3, 0.4) is 0 Å². The number of amides is 1. The molecule has 0 N–H and O–H groups in total. The summed E-state index contributed by atoms with van der Waals surface area (Å²) >= 11 is 0. The van der Waals surface area contributed by atoms with E-state index in [2.05, 4.69) is 36.1 Å². The monoisotopic (exact) mass is 404 g/mol. The predicted molar refractivity (Wildman–Crippen MR) is 117 cm³/mol. The molecule has 1 aliphatic heterocycles. The van der Waals surface area contributed by atoms with Gasteiger partial charge in [0.1, 0.15) is 18.1 Å². The molecule has 1 amide bonds. The zero-order valence-electron chi connectivity index (χ0n) is 17.6. The van der Waals surface area contributed by atoms with Crippen molar-refractivity contribution in [1.29, 1.82) is 0 Å². The van der Waals surface area contributed by atoms with E-state index < -0.39 is 0 Å². The molecule has 3 aromatic rings. The highest BCUT2D eigenvalue weighted by Crippen LogP contribution is 2.19. The van der Waals surface area contributed by atoms with E-state index in [4.69, 9.17) is 9.15 Å². The Hall–Kier alpha value is -3.05. The second-order valence-corrected chi connectivity index (χ2v) is 7.87. The number of piperazine rings is 1. The van der Waals surface area contributed by atoms with E-state index in [-0.39, 0.29) is 5.91 Å². The Labute approximate surface area is 177 Å². The normalized spacial score (nSPS) is 14.7. The van der Waals surface area contributed by atoms with E-state index in [9.17, 15) is 4.79 Å². The summed E-state index contributed by atoms with van der Waals surface area (Å²) in [5.74, 6) is 1.81. The van der Waals surface area contributed by atoms with Gasteiger partial charge < -0.3 is 14.1 Å². The summed E-state index contributed by atoms with van der Waals surface area (Å²) in [5.41, 5.74) is 3.66. The van der Waals surface area contributed by atoms with Gasteiger partial charge in [-0.15, -0.1) is 0 Å². The van der Waals surface area contributed by atoms with Gasteiger partial charge in [-0.05, 0) is 43.2 Å². The van der Waals surface area contributed by atoms with Crippen LogP contribution in [0.15, 0.2) is 65.1 Å². The first-order valence-electron chi connectivity index (χ1n) is 10.4. The SMILES string of the molecule is Cc1ccc(CN2CCN(C(=O)c3ccc(COc4ccccc4C)o3)CC2)cc1. The van der Waals surface area contributed by atoms with Crippen LogP contribution in [0.4, 0.5) is 0 Å². The molecule has 0 atom stereocenters. The molecule has 1 aliphatic rings. The molecule has 30 heavy (non-hydrogen) atoms. The van der Waals surface area contributed by atoms with Crippen molar-refractivity contribution >= 4 is 5.91 Å². The first-order valence-corrected chi connectivity index (χ1v) is 10.4. The molecule has 0 unspecified atom stereocenters. The molecule has 5 nitrogen and oxygen atoms in total. The molecule has 4 rings (SSSR count). The molecule has 5 heteroatoms. The summed E-state index contributed by atoms with van der Waals surface area (Å²) in [6.45, 7) is 8.48. The van der Waals surface area contributed by atoms with Crippen LogP contribution in [-0.4, -0.2) is 41.9 Å². The van der Waals surface area contributed by atoms with Gasteiger partial charge in [-0.2, -0.15) is 0 Å². The van der Waals surface area contributed by atoms with Crippen LogP contribution in [0.1, 0.15) is 33.0 Å². The Bertz CT molecular complexity index is 986. The summed E-state index contributed by atoms with van der Waals surface area (Å²) in [5, 5.41) is 0. The lowest BCUT2D eigenvalue weighted by Gasteiger charge is -2.34. The van der Waals surface area contributed by atoms with Crippen molar-refractivity contribution in [2.75, 3.05) is 26.2 Å². The fourth-order valence-corrected chi connectivity index (χ4v) is 3.65. The third-order valence-corrected chi connectivity index (χ3v) is 5.52. The maximum Gasteiger partial charge on any atom is 0.289 e. The minimum Gasteiger partial charge on any atom is -0.485 e. The minimum atomic E-state index is -0.0490. The Morgan fingerprint density at radius 3 is 2.40 bits per heavy atom. The summed E-state index contributed by atoms with van der Waals surface area (Å²) in [7, 11) is 0. The summed E-state index contributed by atoms with van der Waals surface area (Å²) < 4.78 is 11.6. The molecule has 2 aromatic carbocycles. The smallest absolute Gasteiger partial charge is 0.289 e. The third kappa shape index (κ3) is 4.92. The molecule has 0 radical (unpaired) electrons. The van der Waals surface area contributed by atoms with Gasteiger partial charge in [-0.1, -0.05) is 48.0 Å². The van der Waals surface area contributed by atoms with Crippen molar-refractivity contribution in [3.05, 3.63) is 88.9 Å². The summed E-state index contributed by atoms with van der Waals surface area (Å²) in [4.78, 5) is 17.1. The molecule has 0 bridgehead atoms. The first-order chi connectivity index (χ1) is 14.6. The minimum absolute atomic E-state index is 0.0490. The topological polar surface area (TPSA) is 45.9 Å². The number of aryl methyl sites for hydroxylation is 2. The van der Waals surface area contributed by atoms with Crippen molar-refractivity contribution in [2.45, 2.75) is 27.0 Å². The highest BCUT2D eigenvalue weighted by Gasteiger charge is 2.24. The van der Waals surface area contributed by atoms with Crippen LogP contribution >= 0.6 is 0 Å². The Morgan fingerprint density at radius 1 is 0.933 bits per heavy atom. The van der Waals surface area contributed by atoms with E-state index in [0.29, 0.717) is 31.2 Å². The van der Waals surface area contributed by atoms with Crippen molar-refractivity contribution in [1.82, 2.24) is 9.80 Å². The standard InChI is InChI=1S/C25H28N2O3/c1-19-7-9-21(10-8-19)17-26-13-15-27(16-14-26)25(28)24-12-11-22(30-24)18-29-23-6-4-3-5-20(23)2/h3-12H,13-18H2,1-2H3. The molecule has 156 valence electrons. The van der Waals surface area contributed by atoms with Gasteiger partial charge in [0.05, 0.1) is 0 Å². The maximum atomic E-state index is 12.8. The number of benzene rings is 2.